The average Bonchev–Trinajstić information content (AvgIpc) is 3.11. The molecule has 23 heavy (non-hydrogen) atoms. The van der Waals surface area contributed by atoms with E-state index in [1.54, 1.807) is 6.07 Å². The van der Waals surface area contributed by atoms with Gasteiger partial charge in [-0.1, -0.05) is 18.2 Å². The van der Waals surface area contributed by atoms with Crippen molar-refractivity contribution in [3.05, 3.63) is 48.0 Å². The van der Waals surface area contributed by atoms with Crippen LogP contribution in [0.25, 0.3) is 22.1 Å². The summed E-state index contributed by atoms with van der Waals surface area (Å²) in [6, 6.07) is 13.2. The molecule has 0 radical (unpaired) electrons. The van der Waals surface area contributed by atoms with Crippen molar-refractivity contribution in [3.63, 3.8) is 0 Å². The smallest absolute Gasteiger partial charge is 0.253 e. The molecular formula is C18H17N3O2. The Morgan fingerprint density at radius 2 is 1.87 bits per heavy atom. The number of nitrogens with zero attached hydrogens (tertiary/aromatic N) is 2. The van der Waals surface area contributed by atoms with Crippen LogP contribution in [0.2, 0.25) is 0 Å². The summed E-state index contributed by atoms with van der Waals surface area (Å²) in [7, 11) is 0. The molecule has 116 valence electrons. The van der Waals surface area contributed by atoms with Gasteiger partial charge in [0.1, 0.15) is 5.52 Å². The normalized spacial score (nSPS) is 17.7. The number of carbonyl (C=O) groups is 1. The number of aromatic nitrogens is 2. The van der Waals surface area contributed by atoms with Crippen LogP contribution in [-0.2, 0) is 4.74 Å². The lowest BCUT2D eigenvalue weighted by molar-refractivity contribution is 0.0859. The fourth-order valence-corrected chi connectivity index (χ4v) is 2.93. The topological polar surface area (TPSA) is 64.1 Å². The van der Waals surface area contributed by atoms with Crippen molar-refractivity contribution in [2.45, 2.75) is 18.9 Å². The monoisotopic (exact) mass is 307 g/mol. The molecule has 0 unspecified atom stereocenters. The van der Waals surface area contributed by atoms with Gasteiger partial charge in [-0.15, -0.1) is 0 Å². The zero-order valence-electron chi connectivity index (χ0n) is 12.7. The number of ether oxygens (including phenoxy) is 1. The number of benzene rings is 2. The highest BCUT2D eigenvalue weighted by atomic mass is 16.5. The number of para-hydroxylation sites is 3. The van der Waals surface area contributed by atoms with E-state index in [0.29, 0.717) is 17.6 Å². The first-order valence-corrected chi connectivity index (χ1v) is 7.86. The molecule has 0 spiro atoms. The van der Waals surface area contributed by atoms with E-state index in [1.807, 2.05) is 36.4 Å². The van der Waals surface area contributed by atoms with Gasteiger partial charge >= 0.3 is 0 Å². The average molecular weight is 307 g/mol. The third-order valence-electron chi connectivity index (χ3n) is 4.13. The van der Waals surface area contributed by atoms with Crippen molar-refractivity contribution in [1.82, 2.24) is 15.3 Å². The molecule has 5 heteroatoms. The molecule has 1 atom stereocenters. The van der Waals surface area contributed by atoms with Crippen molar-refractivity contribution in [3.8, 4) is 0 Å². The van der Waals surface area contributed by atoms with Crippen molar-refractivity contribution < 1.29 is 9.53 Å². The van der Waals surface area contributed by atoms with Gasteiger partial charge in [-0.25, -0.2) is 9.97 Å². The molecule has 1 saturated heterocycles. The zero-order valence-corrected chi connectivity index (χ0v) is 12.7. The first kappa shape index (κ1) is 14.1. The van der Waals surface area contributed by atoms with Gasteiger partial charge in [0.15, 0.2) is 0 Å². The first-order chi connectivity index (χ1) is 11.3. The Morgan fingerprint density at radius 3 is 2.65 bits per heavy atom. The summed E-state index contributed by atoms with van der Waals surface area (Å²) in [5.41, 5.74) is 3.54. The van der Waals surface area contributed by atoms with E-state index in [1.165, 1.54) is 0 Å². The summed E-state index contributed by atoms with van der Waals surface area (Å²) in [6.07, 6.45) is 2.19. The van der Waals surface area contributed by atoms with Gasteiger partial charge in [0, 0.05) is 13.2 Å². The predicted octanol–water partition coefficient (Wildman–Crippen LogP) is 2.69. The maximum Gasteiger partial charge on any atom is 0.253 e. The van der Waals surface area contributed by atoms with E-state index >= 15 is 0 Å². The molecule has 0 bridgehead atoms. The van der Waals surface area contributed by atoms with E-state index in [2.05, 4.69) is 15.3 Å². The summed E-state index contributed by atoms with van der Waals surface area (Å²) in [4.78, 5) is 21.7. The third-order valence-corrected chi connectivity index (χ3v) is 4.13. The van der Waals surface area contributed by atoms with Gasteiger partial charge in [-0.3, -0.25) is 4.79 Å². The summed E-state index contributed by atoms with van der Waals surface area (Å²) < 4.78 is 5.54. The van der Waals surface area contributed by atoms with Crippen LogP contribution in [0, 0.1) is 0 Å². The van der Waals surface area contributed by atoms with E-state index in [0.717, 1.165) is 36.0 Å². The fraction of sp³-hybridized carbons (Fsp3) is 0.278. The molecule has 4 rings (SSSR count). The quantitative estimate of drug-likeness (QED) is 0.756. The fourth-order valence-electron chi connectivity index (χ4n) is 2.93. The molecule has 1 amide bonds. The van der Waals surface area contributed by atoms with Crippen LogP contribution in [0.3, 0.4) is 0 Å². The van der Waals surface area contributed by atoms with Crippen molar-refractivity contribution in [1.29, 1.82) is 0 Å². The van der Waals surface area contributed by atoms with Gasteiger partial charge in [-0.2, -0.15) is 0 Å². The van der Waals surface area contributed by atoms with Gasteiger partial charge in [0.05, 0.1) is 28.2 Å². The Labute approximate surface area is 133 Å². The van der Waals surface area contributed by atoms with Crippen molar-refractivity contribution >= 4 is 28.0 Å². The molecule has 1 aromatic heterocycles. The highest BCUT2D eigenvalue weighted by Crippen LogP contribution is 2.19. The molecule has 1 aliphatic heterocycles. The second-order valence-electron chi connectivity index (χ2n) is 5.73. The molecule has 1 aliphatic rings. The molecule has 0 saturated carbocycles. The lowest BCUT2D eigenvalue weighted by atomic mass is 10.1. The van der Waals surface area contributed by atoms with Crippen LogP contribution in [0.1, 0.15) is 23.2 Å². The molecule has 1 N–H and O–H groups in total. The van der Waals surface area contributed by atoms with Gasteiger partial charge in [0.25, 0.3) is 5.91 Å². The lowest BCUT2D eigenvalue weighted by Crippen LogP contribution is -2.31. The molecule has 3 aromatic rings. The predicted molar refractivity (Wildman–Crippen MR) is 88.4 cm³/mol. The molecule has 2 aromatic carbocycles. The minimum Gasteiger partial charge on any atom is -0.376 e. The highest BCUT2D eigenvalue weighted by molar-refractivity contribution is 6.06. The largest absolute Gasteiger partial charge is 0.376 e. The molecule has 2 heterocycles. The van der Waals surface area contributed by atoms with Crippen LogP contribution < -0.4 is 5.32 Å². The number of fused-ring (bicyclic) bond motifs is 2. The minimum atomic E-state index is -0.129. The second-order valence-corrected chi connectivity index (χ2v) is 5.73. The van der Waals surface area contributed by atoms with Gasteiger partial charge in [-0.05, 0) is 37.1 Å². The van der Waals surface area contributed by atoms with Gasteiger partial charge < -0.3 is 10.1 Å². The Balaban J connectivity index is 1.68. The molecule has 1 fully saturated rings. The number of amides is 1. The summed E-state index contributed by atoms with van der Waals surface area (Å²) in [5.74, 6) is -0.129. The lowest BCUT2D eigenvalue weighted by Gasteiger charge is -2.11. The molecular weight excluding hydrogens is 290 g/mol. The van der Waals surface area contributed by atoms with Crippen LogP contribution >= 0.6 is 0 Å². The van der Waals surface area contributed by atoms with Crippen LogP contribution in [-0.4, -0.2) is 35.1 Å². The molecule has 0 aliphatic carbocycles. The Morgan fingerprint density at radius 1 is 1.09 bits per heavy atom. The maximum atomic E-state index is 12.5. The van der Waals surface area contributed by atoms with E-state index in [4.69, 9.17) is 4.74 Å². The Bertz CT molecular complexity index is 872. The second kappa shape index (κ2) is 5.93. The number of hydrogen-bond acceptors (Lipinski definition) is 4. The number of hydrogen-bond donors (Lipinski definition) is 1. The van der Waals surface area contributed by atoms with Crippen LogP contribution in [0.15, 0.2) is 42.5 Å². The summed E-state index contributed by atoms with van der Waals surface area (Å²) in [5, 5.41) is 2.95. The van der Waals surface area contributed by atoms with Crippen molar-refractivity contribution in [2.75, 3.05) is 13.2 Å². The van der Waals surface area contributed by atoms with Crippen LogP contribution in [0.4, 0.5) is 0 Å². The highest BCUT2D eigenvalue weighted by Gasteiger charge is 2.18. The number of carbonyl (C=O) groups excluding carboxylic acids is 1. The third kappa shape index (κ3) is 2.75. The standard InChI is InChI=1S/C18H17N3O2/c22-18(19-11-12-5-4-10-23-12)13-6-3-9-16-17(13)21-15-8-2-1-7-14(15)20-16/h1-3,6-9,12H,4-5,10-11H2,(H,19,22)/t12-/m0/s1. The van der Waals surface area contributed by atoms with Gasteiger partial charge in [0.2, 0.25) is 0 Å². The SMILES string of the molecule is O=C(NC[C@@H]1CCCO1)c1cccc2nc3ccccc3nc12. The number of nitrogens with one attached hydrogen (secondary N) is 1. The first-order valence-electron chi connectivity index (χ1n) is 7.86. The summed E-state index contributed by atoms with van der Waals surface area (Å²) >= 11 is 0. The maximum absolute atomic E-state index is 12.5. The van der Waals surface area contributed by atoms with E-state index in [-0.39, 0.29) is 12.0 Å². The minimum absolute atomic E-state index is 0.126. The van der Waals surface area contributed by atoms with E-state index in [9.17, 15) is 4.79 Å². The Kier molecular flexibility index (Phi) is 3.63. The van der Waals surface area contributed by atoms with E-state index < -0.39 is 0 Å². The number of rotatable bonds is 3. The molecule has 5 nitrogen and oxygen atoms in total. The summed E-state index contributed by atoms with van der Waals surface area (Å²) in [6.45, 7) is 1.32. The Hall–Kier alpha value is -2.53. The zero-order chi connectivity index (χ0) is 15.6. The van der Waals surface area contributed by atoms with Crippen molar-refractivity contribution in [2.24, 2.45) is 0 Å². The van der Waals surface area contributed by atoms with Crippen LogP contribution in [0.5, 0.6) is 0 Å².